The predicted molar refractivity (Wildman–Crippen MR) is 87.2 cm³/mol. The van der Waals surface area contributed by atoms with E-state index in [9.17, 15) is 4.79 Å². The number of aryl methyl sites for hydroxylation is 1. The van der Waals surface area contributed by atoms with Gasteiger partial charge in [-0.25, -0.2) is 9.97 Å². The topological polar surface area (TPSA) is 89.0 Å². The maximum absolute atomic E-state index is 12.2. The van der Waals surface area contributed by atoms with Crippen molar-refractivity contribution in [2.75, 3.05) is 25.6 Å². The number of ether oxygens (including phenoxy) is 1. The first-order chi connectivity index (χ1) is 11.2. The number of rotatable bonds is 8. The van der Waals surface area contributed by atoms with Gasteiger partial charge in [-0.1, -0.05) is 6.07 Å². The summed E-state index contributed by atoms with van der Waals surface area (Å²) in [6.07, 6.45) is 4.26. The summed E-state index contributed by atoms with van der Waals surface area (Å²) < 4.78 is 4.99. The van der Waals surface area contributed by atoms with Gasteiger partial charge in [0, 0.05) is 44.9 Å². The molecule has 0 aliphatic heterocycles. The molecule has 2 rings (SSSR count). The predicted octanol–water partition coefficient (Wildman–Crippen LogP) is 1.56. The van der Waals surface area contributed by atoms with Crippen molar-refractivity contribution in [2.24, 2.45) is 0 Å². The number of carbonyl (C=O) groups is 1. The zero-order chi connectivity index (χ0) is 16.5. The standard InChI is InChI=1S/C16H21N5O2/c1-12-9-14(21-16(20-12)18-7-4-8-23-2)15(22)19-11-13-5-3-6-17-10-13/h3,5-6,9-10H,4,7-8,11H2,1-2H3,(H,19,22)(H,18,20,21). The molecule has 7 nitrogen and oxygen atoms in total. The van der Waals surface area contributed by atoms with Crippen LogP contribution in [0.25, 0.3) is 0 Å². The van der Waals surface area contributed by atoms with Gasteiger partial charge in [0.25, 0.3) is 5.91 Å². The van der Waals surface area contributed by atoms with Gasteiger partial charge in [-0.15, -0.1) is 0 Å². The normalized spacial score (nSPS) is 10.3. The molecular formula is C16H21N5O2. The Kier molecular flexibility index (Phi) is 6.43. The van der Waals surface area contributed by atoms with Crippen LogP contribution in [0.15, 0.2) is 30.6 Å². The van der Waals surface area contributed by atoms with Gasteiger partial charge in [0.15, 0.2) is 0 Å². The molecule has 0 unspecified atom stereocenters. The van der Waals surface area contributed by atoms with Crippen molar-refractivity contribution in [3.63, 3.8) is 0 Å². The van der Waals surface area contributed by atoms with E-state index in [2.05, 4.69) is 25.6 Å². The lowest BCUT2D eigenvalue weighted by molar-refractivity contribution is 0.0945. The van der Waals surface area contributed by atoms with Gasteiger partial charge in [-0.2, -0.15) is 0 Å². The molecule has 0 aromatic carbocycles. The number of methoxy groups -OCH3 is 1. The molecule has 0 atom stereocenters. The van der Waals surface area contributed by atoms with E-state index < -0.39 is 0 Å². The summed E-state index contributed by atoms with van der Waals surface area (Å²) in [5.74, 6) is 0.215. The molecular weight excluding hydrogens is 294 g/mol. The molecule has 2 aromatic heterocycles. The first-order valence-electron chi connectivity index (χ1n) is 7.44. The monoisotopic (exact) mass is 315 g/mol. The number of aromatic nitrogens is 3. The highest BCUT2D eigenvalue weighted by Crippen LogP contribution is 2.06. The van der Waals surface area contributed by atoms with E-state index in [0.29, 0.717) is 31.3 Å². The Morgan fingerprint density at radius 3 is 2.96 bits per heavy atom. The van der Waals surface area contributed by atoms with Crippen LogP contribution >= 0.6 is 0 Å². The lowest BCUT2D eigenvalue weighted by Crippen LogP contribution is -2.24. The molecule has 0 aliphatic carbocycles. The smallest absolute Gasteiger partial charge is 0.270 e. The molecule has 7 heteroatoms. The van der Waals surface area contributed by atoms with Crippen molar-refractivity contribution in [3.8, 4) is 0 Å². The van der Waals surface area contributed by atoms with Gasteiger partial charge in [-0.05, 0) is 31.0 Å². The van der Waals surface area contributed by atoms with Crippen LogP contribution in [0.5, 0.6) is 0 Å². The van der Waals surface area contributed by atoms with Gasteiger partial charge >= 0.3 is 0 Å². The van der Waals surface area contributed by atoms with Gasteiger partial charge in [0.05, 0.1) is 0 Å². The first-order valence-corrected chi connectivity index (χ1v) is 7.44. The molecule has 23 heavy (non-hydrogen) atoms. The fraction of sp³-hybridized carbons (Fsp3) is 0.375. The zero-order valence-electron chi connectivity index (χ0n) is 13.4. The molecule has 2 heterocycles. The van der Waals surface area contributed by atoms with Crippen LogP contribution < -0.4 is 10.6 Å². The Hall–Kier alpha value is -2.54. The molecule has 122 valence electrons. The number of nitrogens with one attached hydrogen (secondary N) is 2. The van der Waals surface area contributed by atoms with Crippen molar-refractivity contribution in [2.45, 2.75) is 19.9 Å². The Labute approximate surface area is 135 Å². The molecule has 1 amide bonds. The Balaban J connectivity index is 1.95. The summed E-state index contributed by atoms with van der Waals surface area (Å²) in [6, 6.07) is 5.40. The maximum Gasteiger partial charge on any atom is 0.270 e. The lowest BCUT2D eigenvalue weighted by Gasteiger charge is -2.08. The Morgan fingerprint density at radius 1 is 1.35 bits per heavy atom. The van der Waals surface area contributed by atoms with E-state index in [0.717, 1.165) is 17.7 Å². The summed E-state index contributed by atoms with van der Waals surface area (Å²) in [4.78, 5) is 24.8. The van der Waals surface area contributed by atoms with E-state index >= 15 is 0 Å². The quantitative estimate of drug-likeness (QED) is 0.719. The largest absolute Gasteiger partial charge is 0.385 e. The third kappa shape index (κ3) is 5.63. The van der Waals surface area contributed by atoms with Crippen LogP contribution in [0.2, 0.25) is 0 Å². The van der Waals surface area contributed by atoms with E-state index in [-0.39, 0.29) is 5.91 Å². The Morgan fingerprint density at radius 2 is 2.22 bits per heavy atom. The molecule has 2 N–H and O–H groups in total. The number of anilines is 1. The second-order valence-electron chi connectivity index (χ2n) is 5.04. The van der Waals surface area contributed by atoms with E-state index in [1.54, 1.807) is 25.6 Å². The van der Waals surface area contributed by atoms with Crippen LogP contribution in [0, 0.1) is 6.92 Å². The van der Waals surface area contributed by atoms with Gasteiger partial charge < -0.3 is 15.4 Å². The molecule has 0 bridgehead atoms. The average Bonchev–Trinajstić information content (AvgIpc) is 2.57. The fourth-order valence-corrected chi connectivity index (χ4v) is 1.96. The zero-order valence-corrected chi connectivity index (χ0v) is 13.4. The highest BCUT2D eigenvalue weighted by atomic mass is 16.5. The molecule has 0 aliphatic rings. The van der Waals surface area contributed by atoms with Crippen LogP contribution in [0.3, 0.4) is 0 Å². The van der Waals surface area contributed by atoms with Crippen LogP contribution in [0.4, 0.5) is 5.95 Å². The minimum atomic E-state index is -0.237. The summed E-state index contributed by atoms with van der Waals surface area (Å²) in [6.45, 7) is 3.59. The fourth-order valence-electron chi connectivity index (χ4n) is 1.96. The average molecular weight is 315 g/mol. The number of hydrogen-bond acceptors (Lipinski definition) is 6. The second kappa shape index (κ2) is 8.79. The molecule has 2 aromatic rings. The van der Waals surface area contributed by atoms with Crippen LogP contribution in [-0.4, -0.2) is 41.1 Å². The third-order valence-corrected chi connectivity index (χ3v) is 3.07. The molecule has 0 saturated heterocycles. The highest BCUT2D eigenvalue weighted by molar-refractivity contribution is 5.92. The maximum atomic E-state index is 12.2. The van der Waals surface area contributed by atoms with Crippen molar-refractivity contribution in [1.29, 1.82) is 0 Å². The van der Waals surface area contributed by atoms with E-state index in [1.165, 1.54) is 0 Å². The number of nitrogens with zero attached hydrogens (tertiary/aromatic N) is 3. The van der Waals surface area contributed by atoms with Gasteiger partial charge in [0.2, 0.25) is 5.95 Å². The lowest BCUT2D eigenvalue weighted by atomic mass is 10.2. The summed E-state index contributed by atoms with van der Waals surface area (Å²) >= 11 is 0. The first kappa shape index (κ1) is 16.8. The van der Waals surface area contributed by atoms with Gasteiger partial charge in [-0.3, -0.25) is 9.78 Å². The Bertz CT molecular complexity index is 634. The minimum Gasteiger partial charge on any atom is -0.385 e. The van der Waals surface area contributed by atoms with Crippen molar-refractivity contribution < 1.29 is 9.53 Å². The molecule has 0 spiro atoms. The van der Waals surface area contributed by atoms with E-state index in [4.69, 9.17) is 4.74 Å². The van der Waals surface area contributed by atoms with Crippen molar-refractivity contribution in [3.05, 3.63) is 47.5 Å². The molecule has 0 saturated carbocycles. The number of hydrogen-bond donors (Lipinski definition) is 2. The number of carbonyl (C=O) groups excluding carboxylic acids is 1. The summed E-state index contributed by atoms with van der Waals surface area (Å²) in [7, 11) is 1.66. The van der Waals surface area contributed by atoms with Crippen molar-refractivity contribution in [1.82, 2.24) is 20.3 Å². The SMILES string of the molecule is COCCCNc1nc(C)cc(C(=O)NCc2cccnc2)n1. The second-order valence-corrected chi connectivity index (χ2v) is 5.04. The molecule has 0 radical (unpaired) electrons. The summed E-state index contributed by atoms with van der Waals surface area (Å²) in [5.41, 5.74) is 2.01. The van der Waals surface area contributed by atoms with Crippen LogP contribution in [0.1, 0.15) is 28.2 Å². The van der Waals surface area contributed by atoms with E-state index in [1.807, 2.05) is 19.1 Å². The minimum absolute atomic E-state index is 0.237. The van der Waals surface area contributed by atoms with Crippen LogP contribution in [-0.2, 0) is 11.3 Å². The van der Waals surface area contributed by atoms with Crippen molar-refractivity contribution >= 4 is 11.9 Å². The number of amides is 1. The highest BCUT2D eigenvalue weighted by Gasteiger charge is 2.10. The number of pyridine rings is 1. The third-order valence-electron chi connectivity index (χ3n) is 3.07. The van der Waals surface area contributed by atoms with Gasteiger partial charge in [0.1, 0.15) is 5.69 Å². The molecule has 0 fully saturated rings. The summed E-state index contributed by atoms with van der Waals surface area (Å²) in [5, 5.41) is 5.93.